The van der Waals surface area contributed by atoms with Gasteiger partial charge in [-0.3, -0.25) is 0 Å². The van der Waals surface area contributed by atoms with Crippen LogP contribution in [0.2, 0.25) is 0 Å². The van der Waals surface area contributed by atoms with Crippen molar-refractivity contribution in [1.29, 1.82) is 0 Å². The van der Waals surface area contributed by atoms with E-state index < -0.39 is 0 Å². The smallest absolute Gasteiger partial charge is 0.0577 e. The molecular formula is C10H18O. The van der Waals surface area contributed by atoms with Gasteiger partial charge in [0.1, 0.15) is 0 Å². The van der Waals surface area contributed by atoms with Crippen molar-refractivity contribution in [2.45, 2.75) is 38.7 Å². The normalized spacial score (nSPS) is 32.9. The molecule has 0 saturated heterocycles. The molecule has 11 heavy (non-hydrogen) atoms. The summed E-state index contributed by atoms with van der Waals surface area (Å²) in [5, 5.41) is 0. The topological polar surface area (TPSA) is 9.23 Å². The summed E-state index contributed by atoms with van der Waals surface area (Å²) in [6, 6.07) is 0. The second-order valence-corrected chi connectivity index (χ2v) is 3.31. The number of hydrogen-bond acceptors (Lipinski definition) is 1. The number of rotatable bonds is 2. The summed E-state index contributed by atoms with van der Waals surface area (Å²) in [6.45, 7) is 2.09. The average molecular weight is 154 g/mol. The zero-order valence-corrected chi connectivity index (χ0v) is 7.55. The molecule has 0 bridgehead atoms. The lowest BCUT2D eigenvalue weighted by molar-refractivity contribution is 0.0589. The predicted molar refractivity (Wildman–Crippen MR) is 47.6 cm³/mol. The van der Waals surface area contributed by atoms with Crippen molar-refractivity contribution >= 4 is 0 Å². The molecule has 0 aromatic heterocycles. The fourth-order valence-corrected chi connectivity index (χ4v) is 1.84. The molecule has 1 heteroatoms. The van der Waals surface area contributed by atoms with Gasteiger partial charge in [0.2, 0.25) is 0 Å². The van der Waals surface area contributed by atoms with Crippen LogP contribution in [0.1, 0.15) is 32.6 Å². The molecule has 0 N–H and O–H groups in total. The first-order chi connectivity index (χ1) is 5.36. The first kappa shape index (κ1) is 8.79. The summed E-state index contributed by atoms with van der Waals surface area (Å²) in [5.41, 5.74) is 0. The first-order valence-corrected chi connectivity index (χ1v) is 4.52. The number of methoxy groups -OCH3 is 1. The Morgan fingerprint density at radius 3 is 2.82 bits per heavy atom. The van der Waals surface area contributed by atoms with Gasteiger partial charge in [-0.25, -0.2) is 0 Å². The summed E-state index contributed by atoms with van der Waals surface area (Å²) in [7, 11) is 1.82. The van der Waals surface area contributed by atoms with Gasteiger partial charge < -0.3 is 4.74 Å². The molecule has 0 aromatic carbocycles. The molecule has 1 aliphatic rings. The van der Waals surface area contributed by atoms with E-state index in [9.17, 15) is 0 Å². The Kier molecular flexibility index (Phi) is 3.64. The molecule has 0 heterocycles. The maximum absolute atomic E-state index is 5.33. The molecule has 0 amide bonds. The van der Waals surface area contributed by atoms with Crippen LogP contribution in [0.5, 0.6) is 0 Å². The zero-order valence-electron chi connectivity index (χ0n) is 7.55. The second-order valence-electron chi connectivity index (χ2n) is 3.31. The number of ether oxygens (including phenoxy) is 1. The molecule has 1 fully saturated rings. The van der Waals surface area contributed by atoms with Crippen LogP contribution < -0.4 is 0 Å². The minimum absolute atomic E-state index is 0.518. The molecule has 0 unspecified atom stereocenters. The van der Waals surface area contributed by atoms with Gasteiger partial charge in [-0.05, 0) is 32.1 Å². The van der Waals surface area contributed by atoms with Crippen molar-refractivity contribution in [3.63, 3.8) is 0 Å². The SMILES string of the molecule is C/C=C\[C@@H]1CCC[C@H](OC)C1. The van der Waals surface area contributed by atoms with E-state index in [-0.39, 0.29) is 0 Å². The highest BCUT2D eigenvalue weighted by Crippen LogP contribution is 2.26. The Morgan fingerprint density at radius 1 is 1.36 bits per heavy atom. The molecule has 0 spiro atoms. The van der Waals surface area contributed by atoms with Gasteiger partial charge in [0.05, 0.1) is 6.10 Å². The summed E-state index contributed by atoms with van der Waals surface area (Å²) >= 11 is 0. The second kappa shape index (κ2) is 4.55. The Hall–Kier alpha value is -0.300. The van der Waals surface area contributed by atoms with E-state index >= 15 is 0 Å². The van der Waals surface area contributed by atoms with Crippen LogP contribution in [-0.2, 0) is 4.74 Å². The highest BCUT2D eigenvalue weighted by atomic mass is 16.5. The van der Waals surface area contributed by atoms with Crippen LogP contribution in [0.15, 0.2) is 12.2 Å². The monoisotopic (exact) mass is 154 g/mol. The van der Waals surface area contributed by atoms with Crippen molar-refractivity contribution in [1.82, 2.24) is 0 Å². The molecule has 0 aromatic rings. The summed E-state index contributed by atoms with van der Waals surface area (Å²) in [6.07, 6.45) is 10.1. The van der Waals surface area contributed by atoms with Gasteiger partial charge >= 0.3 is 0 Å². The van der Waals surface area contributed by atoms with Crippen LogP contribution in [0.3, 0.4) is 0 Å². The molecular weight excluding hydrogens is 136 g/mol. The van der Waals surface area contributed by atoms with Crippen molar-refractivity contribution < 1.29 is 4.74 Å². The predicted octanol–water partition coefficient (Wildman–Crippen LogP) is 2.77. The van der Waals surface area contributed by atoms with Crippen molar-refractivity contribution in [3.8, 4) is 0 Å². The lowest BCUT2D eigenvalue weighted by Crippen LogP contribution is -2.20. The van der Waals surface area contributed by atoms with Crippen molar-refractivity contribution in [3.05, 3.63) is 12.2 Å². The van der Waals surface area contributed by atoms with Gasteiger partial charge in [0.15, 0.2) is 0 Å². The summed E-state index contributed by atoms with van der Waals surface area (Å²) < 4.78 is 5.33. The van der Waals surface area contributed by atoms with E-state index in [1.807, 2.05) is 7.11 Å². The van der Waals surface area contributed by atoms with E-state index in [2.05, 4.69) is 19.1 Å². The van der Waals surface area contributed by atoms with Crippen molar-refractivity contribution in [2.24, 2.45) is 5.92 Å². The van der Waals surface area contributed by atoms with E-state index in [1.165, 1.54) is 25.7 Å². The number of allylic oxidation sites excluding steroid dienone is 2. The highest BCUT2D eigenvalue weighted by molar-refractivity contribution is 4.89. The molecule has 0 radical (unpaired) electrons. The third kappa shape index (κ3) is 2.66. The Bertz CT molecular complexity index is 129. The van der Waals surface area contributed by atoms with E-state index in [4.69, 9.17) is 4.74 Å². The summed E-state index contributed by atoms with van der Waals surface area (Å²) in [4.78, 5) is 0. The number of hydrogen-bond donors (Lipinski definition) is 0. The lowest BCUT2D eigenvalue weighted by atomic mass is 9.87. The maximum atomic E-state index is 5.33. The van der Waals surface area contributed by atoms with Gasteiger partial charge in [-0.15, -0.1) is 0 Å². The molecule has 0 aliphatic heterocycles. The lowest BCUT2D eigenvalue weighted by Gasteiger charge is -2.25. The van der Waals surface area contributed by atoms with Crippen LogP contribution in [0.25, 0.3) is 0 Å². The molecule has 64 valence electrons. The van der Waals surface area contributed by atoms with E-state index in [1.54, 1.807) is 0 Å². The molecule has 2 atom stereocenters. The Labute approximate surface area is 69.4 Å². The van der Waals surface area contributed by atoms with Crippen LogP contribution in [0.4, 0.5) is 0 Å². The zero-order chi connectivity index (χ0) is 8.10. The highest BCUT2D eigenvalue weighted by Gasteiger charge is 2.18. The van der Waals surface area contributed by atoms with Gasteiger partial charge in [0, 0.05) is 7.11 Å². The third-order valence-corrected chi connectivity index (χ3v) is 2.46. The largest absolute Gasteiger partial charge is 0.381 e. The Balaban J connectivity index is 2.33. The van der Waals surface area contributed by atoms with Gasteiger partial charge in [-0.1, -0.05) is 18.6 Å². The molecule has 1 rings (SSSR count). The third-order valence-electron chi connectivity index (χ3n) is 2.46. The first-order valence-electron chi connectivity index (χ1n) is 4.52. The fraction of sp³-hybridized carbons (Fsp3) is 0.800. The van der Waals surface area contributed by atoms with E-state index in [0.717, 1.165) is 5.92 Å². The van der Waals surface area contributed by atoms with Gasteiger partial charge in [-0.2, -0.15) is 0 Å². The van der Waals surface area contributed by atoms with Crippen LogP contribution in [-0.4, -0.2) is 13.2 Å². The van der Waals surface area contributed by atoms with Gasteiger partial charge in [0.25, 0.3) is 0 Å². The quantitative estimate of drug-likeness (QED) is 0.556. The Morgan fingerprint density at radius 2 is 2.18 bits per heavy atom. The molecule has 1 saturated carbocycles. The minimum Gasteiger partial charge on any atom is -0.381 e. The van der Waals surface area contributed by atoms with E-state index in [0.29, 0.717) is 6.10 Å². The van der Waals surface area contributed by atoms with Crippen LogP contribution >= 0.6 is 0 Å². The van der Waals surface area contributed by atoms with Crippen LogP contribution in [0, 0.1) is 5.92 Å². The summed E-state index contributed by atoms with van der Waals surface area (Å²) in [5.74, 6) is 0.777. The van der Waals surface area contributed by atoms with Crippen molar-refractivity contribution in [2.75, 3.05) is 7.11 Å². The molecule has 1 nitrogen and oxygen atoms in total. The fourth-order valence-electron chi connectivity index (χ4n) is 1.84. The minimum atomic E-state index is 0.518. The molecule has 1 aliphatic carbocycles. The average Bonchev–Trinajstić information content (AvgIpc) is 2.06. The maximum Gasteiger partial charge on any atom is 0.0577 e. The standard InChI is InChI=1S/C10H18O/c1-3-5-9-6-4-7-10(8-9)11-2/h3,5,9-10H,4,6-8H2,1-2H3/b5-3-/t9-,10+/m1/s1.